The van der Waals surface area contributed by atoms with Gasteiger partial charge < -0.3 is 14.0 Å². The van der Waals surface area contributed by atoms with Crippen molar-refractivity contribution in [1.29, 1.82) is 0 Å². The van der Waals surface area contributed by atoms with E-state index in [4.69, 9.17) is 9.47 Å². The average Bonchev–Trinajstić information content (AvgIpc) is 2.84. The fourth-order valence-corrected chi connectivity index (χ4v) is 2.83. The van der Waals surface area contributed by atoms with E-state index in [0.717, 1.165) is 30.2 Å². The molecule has 0 saturated heterocycles. The summed E-state index contributed by atoms with van der Waals surface area (Å²) >= 11 is 1.53. The fourth-order valence-electron chi connectivity index (χ4n) is 2.21. The van der Waals surface area contributed by atoms with Crippen molar-refractivity contribution in [2.45, 2.75) is 71.4 Å². The number of aromatic nitrogens is 2. The van der Waals surface area contributed by atoms with E-state index in [1.165, 1.54) is 38.5 Å². The third-order valence-electron chi connectivity index (χ3n) is 3.36. The Hall–Kier alpha value is -1.50. The Morgan fingerprint density at radius 1 is 1.09 bits per heavy atom. The Morgan fingerprint density at radius 3 is 2.30 bits per heavy atom. The van der Waals surface area contributed by atoms with Crippen molar-refractivity contribution in [3.05, 3.63) is 11.4 Å². The summed E-state index contributed by atoms with van der Waals surface area (Å²) in [5.41, 5.74) is 1.46. The lowest BCUT2D eigenvalue weighted by molar-refractivity contribution is -0.144. The quantitative estimate of drug-likeness (QED) is 0.369. The number of hydrogen-bond donors (Lipinski definition) is 0. The molecule has 23 heavy (non-hydrogen) atoms. The number of ether oxygens (including phenoxy) is 2. The first-order valence-corrected chi connectivity index (χ1v) is 9.11. The van der Waals surface area contributed by atoms with E-state index in [1.54, 1.807) is 0 Å². The number of carbonyl (C=O) groups is 2. The summed E-state index contributed by atoms with van der Waals surface area (Å²) in [6.07, 6.45) is 6.52. The first kappa shape index (κ1) is 19.5. The molecular weight excluding hydrogens is 316 g/mol. The van der Waals surface area contributed by atoms with Gasteiger partial charge in [0.2, 0.25) is 0 Å². The SMILES string of the molecule is CCCCCCn1c(SC)nc(COC(C)=O)c1COC(C)=O. The lowest BCUT2D eigenvalue weighted by Gasteiger charge is -2.12. The molecule has 0 bridgehead atoms. The summed E-state index contributed by atoms with van der Waals surface area (Å²) in [6, 6.07) is 0. The second-order valence-corrected chi connectivity index (χ2v) is 6.04. The molecule has 1 aromatic rings. The molecule has 1 rings (SSSR count). The molecule has 0 aliphatic rings. The van der Waals surface area contributed by atoms with Crippen LogP contribution >= 0.6 is 11.8 Å². The van der Waals surface area contributed by atoms with E-state index in [-0.39, 0.29) is 25.2 Å². The highest BCUT2D eigenvalue weighted by atomic mass is 32.2. The summed E-state index contributed by atoms with van der Waals surface area (Å²) in [7, 11) is 0. The number of unbranched alkanes of at least 4 members (excludes halogenated alkanes) is 3. The maximum atomic E-state index is 11.1. The van der Waals surface area contributed by atoms with E-state index < -0.39 is 0 Å². The zero-order valence-electron chi connectivity index (χ0n) is 14.4. The third kappa shape index (κ3) is 6.64. The van der Waals surface area contributed by atoms with Crippen LogP contribution in [0.4, 0.5) is 0 Å². The van der Waals surface area contributed by atoms with Crippen molar-refractivity contribution in [3.8, 4) is 0 Å². The molecule has 0 unspecified atom stereocenters. The van der Waals surface area contributed by atoms with Crippen LogP contribution in [0.3, 0.4) is 0 Å². The molecule has 0 radical (unpaired) electrons. The lowest BCUT2D eigenvalue weighted by atomic mass is 10.2. The van der Waals surface area contributed by atoms with Gasteiger partial charge in [-0.25, -0.2) is 4.98 Å². The highest BCUT2D eigenvalue weighted by molar-refractivity contribution is 7.98. The standard InChI is InChI=1S/C16H26N2O4S/c1-5-6-7-8-9-18-15(11-22-13(3)20)14(10-21-12(2)19)17-16(18)23-4/h5-11H2,1-4H3. The van der Waals surface area contributed by atoms with Gasteiger partial charge in [0.05, 0.1) is 5.69 Å². The first-order chi connectivity index (χ1) is 11.0. The van der Waals surface area contributed by atoms with Gasteiger partial charge in [0.15, 0.2) is 5.16 Å². The number of hydrogen-bond acceptors (Lipinski definition) is 6. The van der Waals surface area contributed by atoms with Crippen LogP contribution < -0.4 is 0 Å². The largest absolute Gasteiger partial charge is 0.459 e. The molecule has 0 atom stereocenters. The van der Waals surface area contributed by atoms with Gasteiger partial charge in [0.25, 0.3) is 0 Å². The number of nitrogens with zero attached hydrogens (tertiary/aromatic N) is 2. The monoisotopic (exact) mass is 342 g/mol. The predicted molar refractivity (Wildman–Crippen MR) is 89.1 cm³/mol. The Morgan fingerprint density at radius 2 is 1.74 bits per heavy atom. The zero-order valence-corrected chi connectivity index (χ0v) is 15.2. The van der Waals surface area contributed by atoms with E-state index in [0.29, 0.717) is 5.69 Å². The molecule has 0 N–H and O–H groups in total. The van der Waals surface area contributed by atoms with Gasteiger partial charge in [-0.2, -0.15) is 0 Å². The first-order valence-electron chi connectivity index (χ1n) is 7.88. The highest BCUT2D eigenvalue weighted by Gasteiger charge is 2.18. The minimum atomic E-state index is -0.355. The molecule has 1 heterocycles. The van der Waals surface area contributed by atoms with Crippen LogP contribution in [0.1, 0.15) is 57.8 Å². The minimum Gasteiger partial charge on any atom is -0.459 e. The van der Waals surface area contributed by atoms with Crippen LogP contribution in [-0.2, 0) is 38.8 Å². The molecule has 0 saturated carbocycles. The molecule has 0 aliphatic heterocycles. The van der Waals surface area contributed by atoms with Gasteiger partial charge in [-0.15, -0.1) is 0 Å². The number of rotatable bonds is 10. The summed E-state index contributed by atoms with van der Waals surface area (Å²) in [5.74, 6) is -0.695. The minimum absolute atomic E-state index is 0.0987. The smallest absolute Gasteiger partial charge is 0.303 e. The van der Waals surface area contributed by atoms with Crippen LogP contribution in [0.15, 0.2) is 5.16 Å². The van der Waals surface area contributed by atoms with Gasteiger partial charge in [0.1, 0.15) is 18.9 Å². The second kappa shape index (κ2) is 10.3. The van der Waals surface area contributed by atoms with Crippen molar-refractivity contribution >= 4 is 23.7 Å². The second-order valence-electron chi connectivity index (χ2n) is 5.26. The maximum absolute atomic E-state index is 11.1. The molecule has 0 aliphatic carbocycles. The average molecular weight is 342 g/mol. The Kier molecular flexibility index (Phi) is 8.76. The summed E-state index contributed by atoms with van der Waals surface area (Å²) in [6.45, 7) is 5.98. The predicted octanol–water partition coefficient (Wildman–Crippen LogP) is 3.31. The van der Waals surface area contributed by atoms with Crippen molar-refractivity contribution in [1.82, 2.24) is 9.55 Å². The van der Waals surface area contributed by atoms with E-state index in [9.17, 15) is 9.59 Å². The van der Waals surface area contributed by atoms with E-state index in [2.05, 4.69) is 16.5 Å². The molecule has 0 amide bonds. The Labute approximate surface area is 141 Å². The molecule has 0 fully saturated rings. The van der Waals surface area contributed by atoms with Crippen molar-refractivity contribution in [2.24, 2.45) is 0 Å². The van der Waals surface area contributed by atoms with Gasteiger partial charge in [-0.3, -0.25) is 9.59 Å². The molecule has 1 aromatic heterocycles. The van der Waals surface area contributed by atoms with Crippen LogP contribution in [0.2, 0.25) is 0 Å². The van der Waals surface area contributed by atoms with E-state index in [1.807, 2.05) is 6.26 Å². The molecular formula is C16H26N2O4S. The Bertz CT molecular complexity index is 528. The zero-order chi connectivity index (χ0) is 17.2. The van der Waals surface area contributed by atoms with Gasteiger partial charge >= 0.3 is 11.9 Å². The number of carbonyl (C=O) groups excluding carboxylic acids is 2. The molecule has 7 heteroatoms. The molecule has 130 valence electrons. The molecule has 0 spiro atoms. The summed E-state index contributed by atoms with van der Waals surface area (Å²) in [5, 5.41) is 0.853. The van der Waals surface area contributed by atoms with Crippen LogP contribution in [0.5, 0.6) is 0 Å². The van der Waals surface area contributed by atoms with Gasteiger partial charge in [-0.05, 0) is 12.7 Å². The number of thioether (sulfide) groups is 1. The number of esters is 2. The number of imidazole rings is 1. The van der Waals surface area contributed by atoms with Crippen molar-refractivity contribution in [2.75, 3.05) is 6.26 Å². The lowest BCUT2D eigenvalue weighted by Crippen LogP contribution is -2.10. The van der Waals surface area contributed by atoms with Crippen LogP contribution in [-0.4, -0.2) is 27.7 Å². The maximum Gasteiger partial charge on any atom is 0.303 e. The molecule has 0 aromatic carbocycles. The summed E-state index contributed by atoms with van der Waals surface area (Å²) in [4.78, 5) is 26.7. The fraction of sp³-hybridized carbons (Fsp3) is 0.688. The van der Waals surface area contributed by atoms with Crippen LogP contribution in [0, 0.1) is 0 Å². The Balaban J connectivity index is 2.95. The van der Waals surface area contributed by atoms with Crippen LogP contribution in [0.25, 0.3) is 0 Å². The third-order valence-corrected chi connectivity index (χ3v) is 4.04. The normalized spacial score (nSPS) is 10.6. The topological polar surface area (TPSA) is 70.4 Å². The summed E-state index contributed by atoms with van der Waals surface area (Å²) < 4.78 is 12.3. The van der Waals surface area contributed by atoms with Gasteiger partial charge in [0, 0.05) is 20.4 Å². The van der Waals surface area contributed by atoms with Crippen molar-refractivity contribution < 1.29 is 19.1 Å². The van der Waals surface area contributed by atoms with E-state index >= 15 is 0 Å². The highest BCUT2D eigenvalue weighted by Crippen LogP contribution is 2.23. The molecule has 6 nitrogen and oxygen atoms in total. The van der Waals surface area contributed by atoms with Gasteiger partial charge in [-0.1, -0.05) is 37.9 Å². The van der Waals surface area contributed by atoms with Crippen molar-refractivity contribution in [3.63, 3.8) is 0 Å².